The van der Waals surface area contributed by atoms with E-state index in [4.69, 9.17) is 0 Å². The Labute approximate surface area is 167 Å². The predicted molar refractivity (Wildman–Crippen MR) is 115 cm³/mol. The quantitative estimate of drug-likeness (QED) is 0.453. The van der Waals surface area contributed by atoms with E-state index in [1.54, 1.807) is 0 Å². The lowest BCUT2D eigenvalue weighted by Gasteiger charge is -2.27. The highest BCUT2D eigenvalue weighted by Crippen LogP contribution is 2.53. The van der Waals surface area contributed by atoms with Crippen LogP contribution in [0.25, 0.3) is 0 Å². The molecule has 0 bridgehead atoms. The van der Waals surface area contributed by atoms with Gasteiger partial charge in [-0.2, -0.15) is 0 Å². The number of hydrogen-bond acceptors (Lipinski definition) is 0. The van der Waals surface area contributed by atoms with Crippen molar-refractivity contribution in [1.29, 1.82) is 0 Å². The van der Waals surface area contributed by atoms with Gasteiger partial charge in [0.05, 0.1) is 0 Å². The molecule has 0 atom stereocenters. The fourth-order valence-electron chi connectivity index (χ4n) is 3.50. The molecule has 0 saturated heterocycles. The van der Waals surface area contributed by atoms with Crippen LogP contribution in [0.4, 0.5) is 0 Å². The van der Waals surface area contributed by atoms with Crippen molar-refractivity contribution in [1.82, 2.24) is 0 Å². The van der Waals surface area contributed by atoms with Crippen molar-refractivity contribution in [3.63, 3.8) is 0 Å². The van der Waals surface area contributed by atoms with E-state index in [-0.39, 0.29) is 17.9 Å². The molecule has 3 heteroatoms. The maximum atomic E-state index is 2.28. The van der Waals surface area contributed by atoms with Crippen molar-refractivity contribution in [3.8, 4) is 0 Å². The van der Waals surface area contributed by atoms with Crippen molar-refractivity contribution in [2.75, 3.05) is 0 Å². The van der Waals surface area contributed by atoms with E-state index >= 15 is 0 Å². The van der Waals surface area contributed by atoms with Crippen LogP contribution in [-0.2, 0) is 0 Å². The van der Waals surface area contributed by atoms with Gasteiger partial charge in [0.2, 0.25) is 0 Å². The van der Waals surface area contributed by atoms with Gasteiger partial charge in [-0.05, 0) is 48.5 Å². The van der Waals surface area contributed by atoms with Crippen LogP contribution in [0.1, 0.15) is 0 Å². The van der Waals surface area contributed by atoms with Crippen LogP contribution in [0.3, 0.4) is 0 Å². The minimum Gasteiger partial charge on any atom is -1.00 e. The summed E-state index contributed by atoms with van der Waals surface area (Å²) < 4.78 is 0. The van der Waals surface area contributed by atoms with Gasteiger partial charge < -0.3 is 17.9 Å². The van der Waals surface area contributed by atoms with Gasteiger partial charge in [0.1, 0.15) is 28.5 Å². The predicted octanol–water partition coefficient (Wildman–Crippen LogP) is 0.485. The van der Waals surface area contributed by atoms with Crippen molar-refractivity contribution >= 4 is 28.5 Å². The molecule has 4 aromatic carbocycles. The summed E-state index contributed by atoms with van der Waals surface area (Å²) in [6.07, 6.45) is 0. The Morgan fingerprint density at radius 2 is 0.519 bits per heavy atom. The first kappa shape index (κ1) is 20.9. The average molecular weight is 393 g/mol. The van der Waals surface area contributed by atoms with Gasteiger partial charge in [0.15, 0.2) is 0 Å². The van der Waals surface area contributed by atoms with E-state index in [0.29, 0.717) is 0 Å². The molecule has 0 saturated carbocycles. The van der Waals surface area contributed by atoms with Crippen molar-refractivity contribution < 1.29 is 17.9 Å². The van der Waals surface area contributed by atoms with E-state index in [9.17, 15) is 0 Å². The minimum atomic E-state index is -1.91. The maximum absolute atomic E-state index is 2.28. The molecule has 0 spiro atoms. The van der Waals surface area contributed by atoms with E-state index in [0.717, 1.165) is 0 Å². The first-order chi connectivity index (χ1) is 12.4. The smallest absolute Gasteiger partial charge is 0.144 e. The largest absolute Gasteiger partial charge is 1.00 e. The summed E-state index contributed by atoms with van der Waals surface area (Å²) in [5, 5.41) is 5.55. The highest BCUT2D eigenvalue weighted by Gasteiger charge is 2.47. The topological polar surface area (TPSA) is 31.5 Å². The second-order valence-corrected chi connectivity index (χ2v) is 9.42. The molecule has 0 fully saturated rings. The van der Waals surface area contributed by atoms with Gasteiger partial charge in [0, 0.05) is 0 Å². The van der Waals surface area contributed by atoms with Crippen LogP contribution in [-0.4, -0.2) is 5.48 Å². The summed E-state index contributed by atoms with van der Waals surface area (Å²) in [5.41, 5.74) is 0. The standard InChI is InChI=1S/C24H20P.ClH.H2O/c1-5-13-21(14-6-1)25(22-15-7-2-8-16-22,23-17-9-3-10-18-23)24-19-11-4-12-20-24;;/h1-20H;1H;1H2/q+1;;/p-1. The molecule has 2 N–H and O–H groups in total. The monoisotopic (exact) mass is 392 g/mol. The first-order valence-electron chi connectivity index (χ1n) is 8.54. The van der Waals surface area contributed by atoms with Crippen LogP contribution >= 0.6 is 7.26 Å². The van der Waals surface area contributed by atoms with Crippen LogP contribution in [0, 0.1) is 0 Å². The fraction of sp³-hybridized carbons (Fsp3) is 0. The summed E-state index contributed by atoms with van der Waals surface area (Å²) in [6, 6.07) is 43.8. The Kier molecular flexibility index (Phi) is 7.33. The molecule has 27 heavy (non-hydrogen) atoms. The third-order valence-corrected chi connectivity index (χ3v) is 8.86. The molecule has 136 valence electrons. The molecule has 0 amide bonds. The summed E-state index contributed by atoms with van der Waals surface area (Å²) >= 11 is 0. The summed E-state index contributed by atoms with van der Waals surface area (Å²) in [7, 11) is -1.91. The van der Waals surface area contributed by atoms with E-state index in [1.807, 2.05) is 0 Å². The lowest BCUT2D eigenvalue weighted by atomic mass is 10.3. The van der Waals surface area contributed by atoms with Crippen LogP contribution in [0.15, 0.2) is 121 Å². The lowest BCUT2D eigenvalue weighted by Crippen LogP contribution is -3.00. The number of hydrogen-bond donors (Lipinski definition) is 0. The zero-order chi connectivity index (χ0) is 17.0. The second-order valence-electron chi connectivity index (χ2n) is 6.01. The summed E-state index contributed by atoms with van der Waals surface area (Å²) in [6.45, 7) is 0. The van der Waals surface area contributed by atoms with E-state index in [1.165, 1.54) is 21.2 Å². The molecule has 0 heterocycles. The molecule has 4 aromatic rings. The minimum absolute atomic E-state index is 0. The molecule has 0 aliphatic carbocycles. The highest BCUT2D eigenvalue weighted by molar-refractivity contribution is 8.01. The van der Waals surface area contributed by atoms with Gasteiger partial charge in [-0.15, -0.1) is 0 Å². The highest BCUT2D eigenvalue weighted by atomic mass is 35.5. The Morgan fingerprint density at radius 3 is 0.704 bits per heavy atom. The van der Waals surface area contributed by atoms with Crippen molar-refractivity contribution in [3.05, 3.63) is 121 Å². The molecule has 0 aliphatic heterocycles. The summed E-state index contributed by atoms with van der Waals surface area (Å²) in [5.74, 6) is 0. The average Bonchev–Trinajstić information content (AvgIpc) is 2.72. The summed E-state index contributed by atoms with van der Waals surface area (Å²) in [4.78, 5) is 0. The molecule has 0 radical (unpaired) electrons. The van der Waals surface area contributed by atoms with Gasteiger partial charge in [-0.25, -0.2) is 0 Å². The maximum Gasteiger partial charge on any atom is 0.144 e. The normalized spacial score (nSPS) is 10.4. The fourth-order valence-corrected chi connectivity index (χ4v) is 7.77. The van der Waals surface area contributed by atoms with E-state index in [2.05, 4.69) is 121 Å². The van der Waals surface area contributed by atoms with Crippen LogP contribution in [0.5, 0.6) is 0 Å². The third-order valence-electron chi connectivity index (χ3n) is 4.57. The SMILES string of the molecule is O.[Cl-].c1ccc([P+](c2ccccc2)(c2ccccc2)c2ccccc2)cc1. The van der Waals surface area contributed by atoms with Crippen molar-refractivity contribution in [2.24, 2.45) is 0 Å². The molecule has 0 aliphatic rings. The Hall–Kier alpha value is -2.44. The number of halogens is 1. The first-order valence-corrected chi connectivity index (χ1v) is 10.3. The van der Waals surface area contributed by atoms with Gasteiger partial charge in [-0.1, -0.05) is 72.8 Å². The van der Waals surface area contributed by atoms with Crippen molar-refractivity contribution in [2.45, 2.75) is 0 Å². The Balaban J connectivity index is 0.00000131. The Morgan fingerprint density at radius 1 is 0.333 bits per heavy atom. The van der Waals surface area contributed by atoms with Gasteiger partial charge in [-0.3, -0.25) is 0 Å². The molecular formula is C24H22ClOP. The second kappa shape index (κ2) is 9.48. The number of benzene rings is 4. The van der Waals surface area contributed by atoms with Gasteiger partial charge in [0.25, 0.3) is 0 Å². The Bertz CT molecular complexity index is 765. The molecule has 0 unspecified atom stereocenters. The zero-order valence-corrected chi connectivity index (χ0v) is 16.5. The molecule has 4 rings (SSSR count). The van der Waals surface area contributed by atoms with Crippen LogP contribution in [0.2, 0.25) is 0 Å². The molecule has 0 aromatic heterocycles. The molecule has 1 nitrogen and oxygen atoms in total. The van der Waals surface area contributed by atoms with Gasteiger partial charge >= 0.3 is 0 Å². The lowest BCUT2D eigenvalue weighted by molar-refractivity contribution is -0.00000593. The number of rotatable bonds is 4. The zero-order valence-electron chi connectivity index (χ0n) is 14.9. The van der Waals surface area contributed by atoms with E-state index < -0.39 is 7.26 Å². The molecular weight excluding hydrogens is 371 g/mol. The third kappa shape index (κ3) is 3.82. The van der Waals surface area contributed by atoms with Crippen LogP contribution < -0.4 is 33.6 Å².